The van der Waals surface area contributed by atoms with Crippen molar-refractivity contribution in [2.75, 3.05) is 0 Å². The van der Waals surface area contributed by atoms with Gasteiger partial charge < -0.3 is 0 Å². The molecule has 12 heavy (non-hydrogen) atoms. The lowest BCUT2D eigenvalue weighted by Crippen LogP contribution is -2.06. The highest BCUT2D eigenvalue weighted by atomic mass is 16.6. The maximum atomic E-state index is 10.2. The predicted molar refractivity (Wildman–Crippen MR) is 42.0 cm³/mol. The second kappa shape index (κ2) is 3.56. The van der Waals surface area contributed by atoms with Gasteiger partial charge in [0.15, 0.2) is 0 Å². The van der Waals surface area contributed by atoms with Crippen molar-refractivity contribution >= 4 is 0 Å². The van der Waals surface area contributed by atoms with Gasteiger partial charge in [0.25, 0.3) is 0 Å². The van der Waals surface area contributed by atoms with Crippen LogP contribution in [0.1, 0.15) is 11.7 Å². The summed E-state index contributed by atoms with van der Waals surface area (Å²) < 4.78 is 0. The third-order valence-corrected chi connectivity index (χ3v) is 1.40. The molecule has 0 saturated heterocycles. The van der Waals surface area contributed by atoms with E-state index in [1.54, 1.807) is 18.2 Å². The summed E-state index contributed by atoms with van der Waals surface area (Å²) >= 11 is 0. The van der Waals surface area contributed by atoms with Crippen molar-refractivity contribution in [1.82, 2.24) is 0 Å². The Labute approximate surface area is 68.1 Å². The molecule has 1 aromatic rings. The highest BCUT2D eigenvalue weighted by Gasteiger charge is 2.21. The van der Waals surface area contributed by atoms with Crippen LogP contribution in [0, 0.1) is 15.0 Å². The molecule has 0 N–H and O–H groups in total. The number of hydrogen-bond donors (Lipinski definition) is 0. The molecule has 0 saturated carbocycles. The summed E-state index contributed by atoms with van der Waals surface area (Å²) in [4.78, 5) is 19.6. The molecule has 1 aromatic carbocycles. The second-order valence-electron chi connectivity index (χ2n) is 2.18. The molecule has 0 heterocycles. The van der Waals surface area contributed by atoms with E-state index in [1.165, 1.54) is 12.1 Å². The highest BCUT2D eigenvalue weighted by molar-refractivity contribution is 5.16. The Bertz CT molecular complexity index is 286. The zero-order valence-corrected chi connectivity index (χ0v) is 6.08. The fourth-order valence-electron chi connectivity index (χ4n) is 0.846. The van der Waals surface area contributed by atoms with Gasteiger partial charge in [-0.1, -0.05) is 18.2 Å². The Balaban J connectivity index is 2.95. The highest BCUT2D eigenvalue weighted by Crippen LogP contribution is 2.16. The van der Waals surface area contributed by atoms with Crippen molar-refractivity contribution in [2.45, 2.75) is 6.17 Å². The van der Waals surface area contributed by atoms with Crippen molar-refractivity contribution in [3.8, 4) is 0 Å². The summed E-state index contributed by atoms with van der Waals surface area (Å²) in [6.07, 6.45) is -1.48. The summed E-state index contributed by atoms with van der Waals surface area (Å²) in [5, 5.41) is 12.7. The molecular weight excluding hydrogens is 160 g/mol. The zero-order valence-electron chi connectivity index (χ0n) is 6.08. The number of nitrogens with zero attached hydrogens (tertiary/aromatic N) is 2. The van der Waals surface area contributed by atoms with Crippen LogP contribution >= 0.6 is 0 Å². The lowest BCUT2D eigenvalue weighted by molar-refractivity contribution is -0.527. The van der Waals surface area contributed by atoms with Crippen molar-refractivity contribution in [3.63, 3.8) is 0 Å². The first-order valence-electron chi connectivity index (χ1n) is 3.26. The number of nitroso groups, excluding NO2 is 1. The first kappa shape index (κ1) is 8.32. The minimum Gasteiger partial charge on any atom is -0.262 e. The van der Waals surface area contributed by atoms with Gasteiger partial charge in [0.2, 0.25) is 0 Å². The molecule has 5 heteroatoms. The smallest absolute Gasteiger partial charge is 0.262 e. The monoisotopic (exact) mass is 166 g/mol. The van der Waals surface area contributed by atoms with Gasteiger partial charge in [0, 0.05) is 5.18 Å². The van der Waals surface area contributed by atoms with Gasteiger partial charge in [0.1, 0.15) is 0 Å². The van der Waals surface area contributed by atoms with Crippen LogP contribution < -0.4 is 0 Å². The molecule has 1 rings (SSSR count). The molecule has 1 unspecified atom stereocenters. The average Bonchev–Trinajstić information content (AvgIpc) is 2.07. The Hall–Kier alpha value is -1.78. The second-order valence-corrected chi connectivity index (χ2v) is 2.18. The summed E-state index contributed by atoms with van der Waals surface area (Å²) in [5.74, 6) is 0. The van der Waals surface area contributed by atoms with Crippen molar-refractivity contribution in [2.24, 2.45) is 5.18 Å². The summed E-state index contributed by atoms with van der Waals surface area (Å²) in [5.41, 5.74) is 0.303. The van der Waals surface area contributed by atoms with Crippen LogP contribution in [0.25, 0.3) is 0 Å². The SMILES string of the molecule is O=NC(c1ccccc1)[N+](=O)[O-]. The van der Waals surface area contributed by atoms with Crippen molar-refractivity contribution < 1.29 is 4.92 Å². The van der Waals surface area contributed by atoms with E-state index in [4.69, 9.17) is 0 Å². The van der Waals surface area contributed by atoms with Gasteiger partial charge in [-0.3, -0.25) is 10.1 Å². The van der Waals surface area contributed by atoms with Gasteiger partial charge in [-0.2, -0.15) is 0 Å². The van der Waals surface area contributed by atoms with Gasteiger partial charge in [0.05, 0.1) is 10.5 Å². The maximum Gasteiger partial charge on any atom is 0.365 e. The van der Waals surface area contributed by atoms with E-state index in [0.29, 0.717) is 5.56 Å². The van der Waals surface area contributed by atoms with Crippen LogP contribution in [0.4, 0.5) is 0 Å². The van der Waals surface area contributed by atoms with Gasteiger partial charge in [-0.15, -0.1) is 4.91 Å². The van der Waals surface area contributed by atoms with Crippen LogP contribution in [0.2, 0.25) is 0 Å². The lowest BCUT2D eigenvalue weighted by atomic mass is 10.2. The Morgan fingerprint density at radius 3 is 2.33 bits per heavy atom. The lowest BCUT2D eigenvalue weighted by Gasteiger charge is -1.99. The first-order chi connectivity index (χ1) is 5.75. The molecule has 0 radical (unpaired) electrons. The van der Waals surface area contributed by atoms with E-state index in [0.717, 1.165) is 0 Å². The third-order valence-electron chi connectivity index (χ3n) is 1.40. The first-order valence-corrected chi connectivity index (χ1v) is 3.26. The molecule has 1 atom stereocenters. The summed E-state index contributed by atoms with van der Waals surface area (Å²) in [6.45, 7) is 0. The Morgan fingerprint density at radius 1 is 1.33 bits per heavy atom. The molecule has 0 amide bonds. The molecule has 0 aromatic heterocycles. The molecule has 0 bridgehead atoms. The molecule has 62 valence electrons. The van der Waals surface area contributed by atoms with Gasteiger partial charge >= 0.3 is 6.17 Å². The zero-order chi connectivity index (χ0) is 8.97. The summed E-state index contributed by atoms with van der Waals surface area (Å²) in [6, 6.07) is 7.95. The molecule has 0 fully saturated rings. The van der Waals surface area contributed by atoms with Crippen molar-refractivity contribution in [1.29, 1.82) is 0 Å². The van der Waals surface area contributed by atoms with Gasteiger partial charge in [-0.05, 0) is 12.1 Å². The van der Waals surface area contributed by atoms with Crippen LogP contribution in [0.15, 0.2) is 35.5 Å². The molecule has 0 aliphatic rings. The Morgan fingerprint density at radius 2 is 1.92 bits per heavy atom. The standard InChI is InChI=1S/C7H6N2O3/c10-8-7(9(11)12)6-4-2-1-3-5-6/h1-5,7H. The number of hydrogen-bond acceptors (Lipinski definition) is 4. The predicted octanol–water partition coefficient (Wildman–Crippen LogP) is 1.73. The van der Waals surface area contributed by atoms with Crippen LogP contribution in [-0.2, 0) is 0 Å². The normalized spacial score (nSPS) is 12.0. The van der Waals surface area contributed by atoms with E-state index in [-0.39, 0.29) is 0 Å². The summed E-state index contributed by atoms with van der Waals surface area (Å²) in [7, 11) is 0. The van der Waals surface area contributed by atoms with E-state index in [2.05, 4.69) is 5.18 Å². The topological polar surface area (TPSA) is 72.6 Å². The number of rotatable bonds is 3. The molecule has 0 aliphatic heterocycles. The minimum absolute atomic E-state index is 0.303. The van der Waals surface area contributed by atoms with Crippen LogP contribution in [-0.4, -0.2) is 4.92 Å². The molecular formula is C7H6N2O3. The quantitative estimate of drug-likeness (QED) is 0.390. The number of nitro groups is 1. The molecule has 0 aliphatic carbocycles. The van der Waals surface area contributed by atoms with E-state index >= 15 is 0 Å². The fourth-order valence-corrected chi connectivity index (χ4v) is 0.846. The molecule has 0 spiro atoms. The van der Waals surface area contributed by atoms with E-state index in [1.807, 2.05) is 0 Å². The van der Waals surface area contributed by atoms with Crippen LogP contribution in [0.3, 0.4) is 0 Å². The minimum atomic E-state index is -1.48. The average molecular weight is 166 g/mol. The third kappa shape index (κ3) is 1.63. The Kier molecular flexibility index (Phi) is 2.47. The van der Waals surface area contributed by atoms with Crippen molar-refractivity contribution in [3.05, 3.63) is 50.9 Å². The fraction of sp³-hybridized carbons (Fsp3) is 0.143. The largest absolute Gasteiger partial charge is 0.365 e. The van der Waals surface area contributed by atoms with E-state index in [9.17, 15) is 15.0 Å². The van der Waals surface area contributed by atoms with Gasteiger partial charge in [-0.25, -0.2) is 0 Å². The molecule has 5 nitrogen and oxygen atoms in total. The maximum absolute atomic E-state index is 10.2. The number of benzene rings is 1. The van der Waals surface area contributed by atoms with Crippen LogP contribution in [0.5, 0.6) is 0 Å². The van der Waals surface area contributed by atoms with E-state index < -0.39 is 11.1 Å².